The number of urea groups is 1. The van der Waals surface area contributed by atoms with Crippen LogP contribution in [0.25, 0.3) is 0 Å². The first-order valence-corrected chi connectivity index (χ1v) is 8.04. The number of carbonyl (C=O) groups excluding carboxylic acids is 3. The molecule has 1 aliphatic heterocycles. The van der Waals surface area contributed by atoms with E-state index in [1.54, 1.807) is 36.4 Å². The summed E-state index contributed by atoms with van der Waals surface area (Å²) in [5.74, 6) is -0.524. The van der Waals surface area contributed by atoms with E-state index in [1.165, 1.54) is 7.11 Å². The van der Waals surface area contributed by atoms with Gasteiger partial charge in [-0.15, -0.1) is 0 Å². The summed E-state index contributed by atoms with van der Waals surface area (Å²) in [4.78, 5) is 38.6. The molecule has 1 saturated heterocycles. The van der Waals surface area contributed by atoms with Crippen molar-refractivity contribution in [1.82, 2.24) is 4.90 Å². The van der Waals surface area contributed by atoms with Crippen molar-refractivity contribution in [2.75, 3.05) is 25.2 Å². The molecule has 0 N–H and O–H groups in total. The summed E-state index contributed by atoms with van der Waals surface area (Å²) in [5, 5.41) is 0. The van der Waals surface area contributed by atoms with Crippen molar-refractivity contribution >= 4 is 23.5 Å². The first kappa shape index (κ1) is 17.5. The fraction of sp³-hybridized carbons (Fsp3) is 0.211. The number of nitrogens with zero attached hydrogens (tertiary/aromatic N) is 2. The first-order valence-electron chi connectivity index (χ1n) is 8.04. The van der Waals surface area contributed by atoms with E-state index in [1.807, 2.05) is 19.1 Å². The Kier molecular flexibility index (Phi) is 4.88. The Morgan fingerprint density at radius 3 is 2.08 bits per heavy atom. The summed E-state index contributed by atoms with van der Waals surface area (Å²) in [6.07, 6.45) is 0. The Labute approximate surface area is 150 Å². The zero-order chi connectivity index (χ0) is 18.7. The lowest BCUT2D eigenvalue weighted by Crippen LogP contribution is -2.36. The SMILES string of the molecule is COc1ccc(N2C(=O)C(=O)N(CCOc3ccc(C)cc3)C2=O)cc1. The summed E-state index contributed by atoms with van der Waals surface area (Å²) in [5.41, 5.74) is 1.42. The van der Waals surface area contributed by atoms with E-state index in [0.29, 0.717) is 17.2 Å². The van der Waals surface area contributed by atoms with Crippen molar-refractivity contribution in [2.45, 2.75) is 6.92 Å². The van der Waals surface area contributed by atoms with Crippen molar-refractivity contribution in [3.8, 4) is 11.5 Å². The number of anilines is 1. The lowest BCUT2D eigenvalue weighted by Gasteiger charge is -2.16. The highest BCUT2D eigenvalue weighted by molar-refractivity contribution is 6.52. The molecule has 2 aromatic carbocycles. The molecule has 1 aliphatic rings. The van der Waals surface area contributed by atoms with Crippen LogP contribution in [0.1, 0.15) is 5.56 Å². The quantitative estimate of drug-likeness (QED) is 0.588. The van der Waals surface area contributed by atoms with Gasteiger partial charge in [-0.1, -0.05) is 17.7 Å². The van der Waals surface area contributed by atoms with Crippen molar-refractivity contribution in [3.05, 3.63) is 54.1 Å². The van der Waals surface area contributed by atoms with Gasteiger partial charge in [0.05, 0.1) is 19.3 Å². The number of imide groups is 2. The molecule has 26 heavy (non-hydrogen) atoms. The predicted octanol–water partition coefficient (Wildman–Crippen LogP) is 2.38. The summed E-state index contributed by atoms with van der Waals surface area (Å²) in [7, 11) is 1.51. The fourth-order valence-corrected chi connectivity index (χ4v) is 2.55. The van der Waals surface area contributed by atoms with Crippen LogP contribution in [0, 0.1) is 6.92 Å². The second-order valence-electron chi connectivity index (χ2n) is 5.74. The predicted molar refractivity (Wildman–Crippen MR) is 94.3 cm³/mol. The van der Waals surface area contributed by atoms with Crippen molar-refractivity contribution in [2.24, 2.45) is 0 Å². The average Bonchev–Trinajstić information content (AvgIpc) is 2.87. The largest absolute Gasteiger partial charge is 0.497 e. The molecule has 2 aromatic rings. The van der Waals surface area contributed by atoms with E-state index in [9.17, 15) is 14.4 Å². The van der Waals surface area contributed by atoms with Crippen molar-refractivity contribution < 1.29 is 23.9 Å². The number of aryl methyl sites for hydroxylation is 1. The molecule has 0 radical (unpaired) electrons. The van der Waals surface area contributed by atoms with Gasteiger partial charge in [0.15, 0.2) is 0 Å². The van der Waals surface area contributed by atoms with Crippen LogP contribution < -0.4 is 14.4 Å². The van der Waals surface area contributed by atoms with Crippen LogP contribution in [0.4, 0.5) is 10.5 Å². The second-order valence-corrected chi connectivity index (χ2v) is 5.74. The minimum Gasteiger partial charge on any atom is -0.497 e. The van der Waals surface area contributed by atoms with Gasteiger partial charge < -0.3 is 9.47 Å². The van der Waals surface area contributed by atoms with Gasteiger partial charge in [0, 0.05) is 0 Å². The zero-order valence-electron chi connectivity index (χ0n) is 14.5. The smallest absolute Gasteiger partial charge is 0.339 e. The zero-order valence-corrected chi connectivity index (χ0v) is 14.5. The van der Waals surface area contributed by atoms with Gasteiger partial charge in [-0.05, 0) is 43.3 Å². The maximum atomic E-state index is 12.5. The minimum absolute atomic E-state index is 0.00998. The maximum Gasteiger partial charge on any atom is 0.339 e. The molecule has 1 heterocycles. The van der Waals surface area contributed by atoms with E-state index >= 15 is 0 Å². The van der Waals surface area contributed by atoms with Gasteiger partial charge in [-0.2, -0.15) is 0 Å². The van der Waals surface area contributed by atoms with Crippen molar-refractivity contribution in [3.63, 3.8) is 0 Å². The Hall–Kier alpha value is -3.35. The van der Waals surface area contributed by atoms with Gasteiger partial charge >= 0.3 is 17.8 Å². The lowest BCUT2D eigenvalue weighted by atomic mass is 10.2. The molecule has 0 spiro atoms. The molecule has 0 saturated carbocycles. The van der Waals surface area contributed by atoms with Crippen LogP contribution in [-0.4, -0.2) is 43.0 Å². The molecule has 0 aliphatic carbocycles. The normalized spacial score (nSPS) is 14.2. The Bertz CT molecular complexity index is 830. The summed E-state index contributed by atoms with van der Waals surface area (Å²) in [6, 6.07) is 13.1. The molecule has 134 valence electrons. The Morgan fingerprint density at radius 2 is 1.46 bits per heavy atom. The number of amides is 4. The average molecular weight is 354 g/mol. The molecule has 4 amide bonds. The monoisotopic (exact) mass is 354 g/mol. The van der Waals surface area contributed by atoms with E-state index in [-0.39, 0.29) is 13.2 Å². The molecule has 1 fully saturated rings. The molecule has 0 aromatic heterocycles. The third kappa shape index (κ3) is 3.37. The van der Waals surface area contributed by atoms with Crippen LogP contribution in [-0.2, 0) is 9.59 Å². The molecule has 0 bridgehead atoms. The van der Waals surface area contributed by atoms with Gasteiger partial charge in [0.2, 0.25) is 0 Å². The van der Waals surface area contributed by atoms with Crippen LogP contribution >= 0.6 is 0 Å². The number of hydrogen-bond donors (Lipinski definition) is 0. The molecule has 0 unspecified atom stereocenters. The van der Waals surface area contributed by atoms with Gasteiger partial charge in [0.25, 0.3) is 0 Å². The molecule has 0 atom stereocenters. The summed E-state index contributed by atoms with van der Waals surface area (Å²) < 4.78 is 10.6. The van der Waals surface area contributed by atoms with E-state index in [2.05, 4.69) is 0 Å². The van der Waals surface area contributed by atoms with Crippen LogP contribution in [0.15, 0.2) is 48.5 Å². The third-order valence-electron chi connectivity index (χ3n) is 3.99. The van der Waals surface area contributed by atoms with E-state index in [0.717, 1.165) is 15.4 Å². The van der Waals surface area contributed by atoms with Gasteiger partial charge in [-0.3, -0.25) is 14.5 Å². The molecule has 7 heteroatoms. The topological polar surface area (TPSA) is 76.2 Å². The molecular formula is C19H18N2O5. The number of carbonyl (C=O) groups is 3. The minimum atomic E-state index is -0.879. The first-order chi connectivity index (χ1) is 12.5. The third-order valence-corrected chi connectivity index (χ3v) is 3.99. The summed E-state index contributed by atoms with van der Waals surface area (Å²) >= 11 is 0. The maximum absolute atomic E-state index is 12.5. The highest BCUT2D eigenvalue weighted by Gasteiger charge is 2.45. The Balaban J connectivity index is 1.66. The van der Waals surface area contributed by atoms with Crippen LogP contribution in [0.3, 0.4) is 0 Å². The molecular weight excluding hydrogens is 336 g/mol. The van der Waals surface area contributed by atoms with E-state index < -0.39 is 17.8 Å². The Morgan fingerprint density at radius 1 is 0.846 bits per heavy atom. The van der Waals surface area contributed by atoms with Crippen LogP contribution in [0.2, 0.25) is 0 Å². The van der Waals surface area contributed by atoms with Crippen molar-refractivity contribution in [1.29, 1.82) is 0 Å². The number of rotatable bonds is 6. The standard InChI is InChI=1S/C19H18N2O5/c1-13-3-7-16(8-4-13)26-12-11-20-17(22)18(23)21(19(20)24)14-5-9-15(25-2)10-6-14/h3-10H,11-12H2,1-2H3. The second kappa shape index (κ2) is 7.26. The molecule has 3 rings (SSSR count). The number of benzene rings is 2. The fourth-order valence-electron chi connectivity index (χ4n) is 2.55. The van der Waals surface area contributed by atoms with Gasteiger partial charge in [0.1, 0.15) is 18.1 Å². The number of hydrogen-bond acceptors (Lipinski definition) is 5. The van der Waals surface area contributed by atoms with Gasteiger partial charge in [-0.25, -0.2) is 9.69 Å². The van der Waals surface area contributed by atoms with Crippen LogP contribution in [0.5, 0.6) is 11.5 Å². The van der Waals surface area contributed by atoms with E-state index in [4.69, 9.17) is 9.47 Å². The highest BCUT2D eigenvalue weighted by Crippen LogP contribution is 2.24. The lowest BCUT2D eigenvalue weighted by molar-refractivity contribution is -0.139. The summed E-state index contributed by atoms with van der Waals surface area (Å²) in [6.45, 7) is 2.05. The number of ether oxygens (including phenoxy) is 2. The highest BCUT2D eigenvalue weighted by atomic mass is 16.5. The number of methoxy groups -OCH3 is 1. The molecule has 7 nitrogen and oxygen atoms in total.